The van der Waals surface area contributed by atoms with Crippen molar-refractivity contribution in [2.75, 3.05) is 26.7 Å². The molecule has 0 heterocycles. The minimum atomic E-state index is 0.0891. The zero-order chi connectivity index (χ0) is 12.0. The Bertz CT molecular complexity index is 220. The molecule has 94 valence electrons. The second-order valence-electron chi connectivity index (χ2n) is 4.98. The van der Waals surface area contributed by atoms with E-state index in [1.807, 2.05) is 7.05 Å². The summed E-state index contributed by atoms with van der Waals surface area (Å²) < 4.78 is 0. The van der Waals surface area contributed by atoms with Crippen molar-refractivity contribution in [3.8, 4) is 0 Å². The molecule has 0 aromatic rings. The first kappa shape index (κ1) is 13.5. The Labute approximate surface area is 98.6 Å². The summed E-state index contributed by atoms with van der Waals surface area (Å²) in [7, 11) is 2.05. The molecule has 4 nitrogen and oxygen atoms in total. The number of carbonyl (C=O) groups excluding carboxylic acids is 1. The summed E-state index contributed by atoms with van der Waals surface area (Å²) in [6.45, 7) is 3.88. The number of hydrogen-bond donors (Lipinski definition) is 2. The molecule has 0 aromatic heterocycles. The van der Waals surface area contributed by atoms with Crippen LogP contribution in [0.4, 0.5) is 0 Å². The van der Waals surface area contributed by atoms with Crippen molar-refractivity contribution in [3.63, 3.8) is 0 Å². The number of carbonyl (C=O) groups is 1. The molecule has 2 atom stereocenters. The molecular weight excluding hydrogens is 202 g/mol. The number of rotatable bonds is 5. The van der Waals surface area contributed by atoms with Crippen LogP contribution in [-0.4, -0.2) is 43.5 Å². The lowest BCUT2D eigenvalue weighted by Crippen LogP contribution is -2.43. The maximum absolute atomic E-state index is 11.5. The van der Waals surface area contributed by atoms with Crippen LogP contribution in [0, 0.1) is 5.92 Å². The monoisotopic (exact) mass is 227 g/mol. The third kappa shape index (κ3) is 4.49. The van der Waals surface area contributed by atoms with Crippen LogP contribution < -0.4 is 11.1 Å². The van der Waals surface area contributed by atoms with Gasteiger partial charge in [-0.2, -0.15) is 0 Å². The van der Waals surface area contributed by atoms with E-state index >= 15 is 0 Å². The summed E-state index contributed by atoms with van der Waals surface area (Å²) >= 11 is 0. The fourth-order valence-corrected chi connectivity index (χ4v) is 2.43. The van der Waals surface area contributed by atoms with Gasteiger partial charge in [-0.15, -0.1) is 0 Å². The van der Waals surface area contributed by atoms with Crippen molar-refractivity contribution < 1.29 is 4.79 Å². The van der Waals surface area contributed by atoms with Crippen LogP contribution in [0.2, 0.25) is 0 Å². The van der Waals surface area contributed by atoms with Gasteiger partial charge >= 0.3 is 0 Å². The van der Waals surface area contributed by atoms with E-state index in [-0.39, 0.29) is 5.91 Å². The second-order valence-corrected chi connectivity index (χ2v) is 4.98. The lowest BCUT2D eigenvalue weighted by atomic mass is 9.86. The Morgan fingerprint density at radius 1 is 1.50 bits per heavy atom. The Hall–Kier alpha value is -0.610. The van der Waals surface area contributed by atoms with Crippen LogP contribution in [0.5, 0.6) is 0 Å². The largest absolute Gasteiger partial charge is 0.354 e. The van der Waals surface area contributed by atoms with Gasteiger partial charge in [0.1, 0.15) is 0 Å². The average molecular weight is 227 g/mol. The van der Waals surface area contributed by atoms with Gasteiger partial charge in [-0.25, -0.2) is 0 Å². The van der Waals surface area contributed by atoms with Crippen LogP contribution in [0.3, 0.4) is 0 Å². The van der Waals surface area contributed by atoms with Crippen molar-refractivity contribution in [2.45, 2.75) is 38.6 Å². The summed E-state index contributed by atoms with van der Waals surface area (Å²) in [6, 6.07) is 0.576. The summed E-state index contributed by atoms with van der Waals surface area (Å²) in [5.41, 5.74) is 5.34. The zero-order valence-corrected chi connectivity index (χ0v) is 10.5. The van der Waals surface area contributed by atoms with Gasteiger partial charge in [0.25, 0.3) is 0 Å². The standard InChI is InChI=1S/C12H25N3O/c1-10-4-3-5-11(8-10)15(2)9-12(16)14-7-6-13/h10-11H,3-9,13H2,1-2H3,(H,14,16). The fourth-order valence-electron chi connectivity index (χ4n) is 2.43. The lowest BCUT2D eigenvalue weighted by Gasteiger charge is -2.33. The Morgan fingerprint density at radius 2 is 2.25 bits per heavy atom. The molecule has 0 aromatic carbocycles. The molecule has 4 heteroatoms. The van der Waals surface area contributed by atoms with Crippen molar-refractivity contribution in [1.29, 1.82) is 0 Å². The van der Waals surface area contributed by atoms with E-state index in [1.54, 1.807) is 0 Å². The highest BCUT2D eigenvalue weighted by Gasteiger charge is 2.23. The molecule has 0 bridgehead atoms. The molecule has 0 spiro atoms. The van der Waals surface area contributed by atoms with Crippen molar-refractivity contribution in [2.24, 2.45) is 11.7 Å². The molecule has 0 radical (unpaired) electrons. The highest BCUT2D eigenvalue weighted by atomic mass is 16.2. The summed E-state index contributed by atoms with van der Waals surface area (Å²) in [5.74, 6) is 0.888. The SMILES string of the molecule is CC1CCCC(N(C)CC(=O)NCCN)C1. The predicted octanol–water partition coefficient (Wildman–Crippen LogP) is 0.572. The molecule has 0 aliphatic heterocycles. The molecular formula is C12H25N3O. The predicted molar refractivity (Wildman–Crippen MR) is 66.1 cm³/mol. The molecule has 1 fully saturated rings. The van der Waals surface area contributed by atoms with E-state index in [2.05, 4.69) is 17.1 Å². The van der Waals surface area contributed by atoms with Gasteiger partial charge in [0.15, 0.2) is 0 Å². The van der Waals surface area contributed by atoms with Gasteiger partial charge < -0.3 is 11.1 Å². The quantitative estimate of drug-likeness (QED) is 0.722. The molecule has 1 amide bonds. The maximum Gasteiger partial charge on any atom is 0.234 e. The van der Waals surface area contributed by atoms with Gasteiger partial charge in [0, 0.05) is 19.1 Å². The maximum atomic E-state index is 11.5. The Kier molecular flexibility index (Phi) is 5.77. The topological polar surface area (TPSA) is 58.4 Å². The smallest absolute Gasteiger partial charge is 0.234 e. The fraction of sp³-hybridized carbons (Fsp3) is 0.917. The first-order valence-corrected chi connectivity index (χ1v) is 6.30. The number of hydrogen-bond acceptors (Lipinski definition) is 3. The van der Waals surface area contributed by atoms with E-state index in [4.69, 9.17) is 5.73 Å². The third-order valence-corrected chi connectivity index (χ3v) is 3.39. The van der Waals surface area contributed by atoms with Crippen LogP contribution in [0.15, 0.2) is 0 Å². The molecule has 1 rings (SSSR count). The molecule has 3 N–H and O–H groups in total. The molecule has 2 unspecified atom stereocenters. The average Bonchev–Trinajstić information content (AvgIpc) is 2.26. The molecule has 1 aliphatic rings. The van der Waals surface area contributed by atoms with E-state index in [1.165, 1.54) is 25.7 Å². The van der Waals surface area contributed by atoms with Crippen molar-refractivity contribution >= 4 is 5.91 Å². The van der Waals surface area contributed by atoms with Crippen LogP contribution in [0.25, 0.3) is 0 Å². The lowest BCUT2D eigenvalue weighted by molar-refractivity contribution is -0.122. The Morgan fingerprint density at radius 3 is 2.88 bits per heavy atom. The summed E-state index contributed by atoms with van der Waals surface area (Å²) in [6.07, 6.45) is 5.08. The minimum absolute atomic E-state index is 0.0891. The third-order valence-electron chi connectivity index (χ3n) is 3.39. The van der Waals surface area contributed by atoms with Crippen LogP contribution in [0.1, 0.15) is 32.6 Å². The Balaban J connectivity index is 2.27. The number of likely N-dealkylation sites (N-methyl/N-ethyl adjacent to an activating group) is 1. The van der Waals surface area contributed by atoms with Gasteiger partial charge in [0.05, 0.1) is 6.54 Å². The van der Waals surface area contributed by atoms with Gasteiger partial charge in [0.2, 0.25) is 5.91 Å². The number of nitrogens with zero attached hydrogens (tertiary/aromatic N) is 1. The first-order chi connectivity index (χ1) is 7.63. The highest BCUT2D eigenvalue weighted by molar-refractivity contribution is 5.77. The van der Waals surface area contributed by atoms with Crippen molar-refractivity contribution in [3.05, 3.63) is 0 Å². The number of nitrogens with two attached hydrogens (primary N) is 1. The van der Waals surface area contributed by atoms with Crippen molar-refractivity contribution in [1.82, 2.24) is 10.2 Å². The van der Waals surface area contributed by atoms with E-state index in [0.29, 0.717) is 25.7 Å². The molecule has 1 aliphatic carbocycles. The van der Waals surface area contributed by atoms with Gasteiger partial charge in [-0.3, -0.25) is 9.69 Å². The molecule has 16 heavy (non-hydrogen) atoms. The van der Waals surface area contributed by atoms with Gasteiger partial charge in [-0.1, -0.05) is 19.8 Å². The van der Waals surface area contributed by atoms with Crippen LogP contribution in [-0.2, 0) is 4.79 Å². The molecule has 0 saturated heterocycles. The first-order valence-electron chi connectivity index (χ1n) is 6.30. The summed E-state index contributed by atoms with van der Waals surface area (Å²) in [5, 5.41) is 2.81. The van der Waals surface area contributed by atoms with Crippen LogP contribution >= 0.6 is 0 Å². The zero-order valence-electron chi connectivity index (χ0n) is 10.5. The van der Waals surface area contributed by atoms with E-state index in [9.17, 15) is 4.79 Å². The van der Waals surface area contributed by atoms with E-state index in [0.717, 1.165) is 5.92 Å². The molecule has 1 saturated carbocycles. The number of nitrogens with one attached hydrogen (secondary N) is 1. The summed E-state index contributed by atoms with van der Waals surface area (Å²) in [4.78, 5) is 13.7. The minimum Gasteiger partial charge on any atom is -0.354 e. The number of amides is 1. The van der Waals surface area contributed by atoms with Gasteiger partial charge in [-0.05, 0) is 25.8 Å². The highest BCUT2D eigenvalue weighted by Crippen LogP contribution is 2.26. The normalized spacial score (nSPS) is 25.8. The van der Waals surface area contributed by atoms with E-state index < -0.39 is 0 Å². The second kappa shape index (κ2) is 6.86.